The molecule has 134 valence electrons. The fourth-order valence-electron chi connectivity index (χ4n) is 4.57. The Morgan fingerprint density at radius 1 is 1.30 bits per heavy atom. The highest BCUT2D eigenvalue weighted by molar-refractivity contribution is 5.68. The molecule has 0 spiro atoms. The van der Waals surface area contributed by atoms with Crippen LogP contribution in [-0.2, 0) is 4.74 Å². The molecule has 2 aliphatic carbocycles. The Kier molecular flexibility index (Phi) is 5.06. The molecule has 2 fully saturated rings. The number of nitrogens with one attached hydrogen (secondary N) is 2. The first-order chi connectivity index (χ1) is 10.5. The third-order valence-electron chi connectivity index (χ3n) is 6.62. The maximum absolute atomic E-state index is 12.0. The molecule has 4 unspecified atom stereocenters. The minimum Gasteiger partial charge on any atom is -0.444 e. The molecule has 0 radical (unpaired) electrons. The van der Waals surface area contributed by atoms with E-state index >= 15 is 0 Å². The zero-order valence-corrected chi connectivity index (χ0v) is 16.1. The van der Waals surface area contributed by atoms with Gasteiger partial charge in [-0.3, -0.25) is 0 Å². The standard InChI is InChI=1S/C19H36N2O2/c1-8-14(21-16(22)23-17(2,3)4)12-20-15-11-13-9-10-19(15,7)18(13,5)6/h13-15,20H,8-12H2,1-7H3,(H,21,22). The van der Waals surface area contributed by atoms with Gasteiger partial charge in [-0.15, -0.1) is 0 Å². The highest BCUT2D eigenvalue weighted by Gasteiger charge is 2.61. The second-order valence-electron chi connectivity index (χ2n) is 9.32. The Balaban J connectivity index is 1.86. The largest absolute Gasteiger partial charge is 0.444 e. The maximum Gasteiger partial charge on any atom is 0.407 e. The van der Waals surface area contributed by atoms with Crippen molar-refractivity contribution in [3.8, 4) is 0 Å². The van der Waals surface area contributed by atoms with Gasteiger partial charge < -0.3 is 15.4 Å². The van der Waals surface area contributed by atoms with E-state index in [2.05, 4.69) is 38.3 Å². The van der Waals surface area contributed by atoms with Crippen LogP contribution in [0.3, 0.4) is 0 Å². The van der Waals surface area contributed by atoms with Gasteiger partial charge in [0, 0.05) is 18.6 Å². The normalized spacial score (nSPS) is 33.5. The average Bonchev–Trinajstić information content (AvgIpc) is 2.74. The van der Waals surface area contributed by atoms with Crippen molar-refractivity contribution >= 4 is 6.09 Å². The Morgan fingerprint density at radius 2 is 1.96 bits per heavy atom. The van der Waals surface area contributed by atoms with E-state index < -0.39 is 5.60 Å². The molecule has 4 atom stereocenters. The fraction of sp³-hybridized carbons (Fsp3) is 0.947. The summed E-state index contributed by atoms with van der Waals surface area (Å²) in [5.74, 6) is 0.837. The van der Waals surface area contributed by atoms with Crippen LogP contribution >= 0.6 is 0 Å². The Bertz CT molecular complexity index is 441. The molecule has 2 N–H and O–H groups in total. The molecule has 4 nitrogen and oxygen atoms in total. The van der Waals surface area contributed by atoms with Crippen molar-refractivity contribution in [1.82, 2.24) is 10.6 Å². The highest BCUT2D eigenvalue weighted by Crippen LogP contribution is 2.65. The minimum absolute atomic E-state index is 0.121. The summed E-state index contributed by atoms with van der Waals surface area (Å²) in [6.45, 7) is 15.9. The van der Waals surface area contributed by atoms with E-state index in [4.69, 9.17) is 4.74 Å². The predicted molar refractivity (Wildman–Crippen MR) is 94.5 cm³/mol. The quantitative estimate of drug-likeness (QED) is 0.800. The third kappa shape index (κ3) is 3.67. The van der Waals surface area contributed by atoms with Crippen molar-refractivity contribution in [2.45, 2.75) is 91.8 Å². The van der Waals surface area contributed by atoms with Crippen LogP contribution in [0.4, 0.5) is 4.79 Å². The van der Waals surface area contributed by atoms with Gasteiger partial charge in [0.2, 0.25) is 0 Å². The van der Waals surface area contributed by atoms with Gasteiger partial charge in [0.15, 0.2) is 0 Å². The van der Waals surface area contributed by atoms with Crippen molar-refractivity contribution in [1.29, 1.82) is 0 Å². The molecule has 4 heteroatoms. The van der Waals surface area contributed by atoms with Gasteiger partial charge >= 0.3 is 6.09 Å². The number of carbonyl (C=O) groups excluding carboxylic acids is 1. The fourth-order valence-corrected chi connectivity index (χ4v) is 4.57. The first kappa shape index (κ1) is 18.6. The molecule has 0 aromatic carbocycles. The van der Waals surface area contributed by atoms with Gasteiger partial charge in [0.05, 0.1) is 0 Å². The molecule has 0 aromatic rings. The van der Waals surface area contributed by atoms with Crippen LogP contribution in [0, 0.1) is 16.7 Å². The zero-order valence-electron chi connectivity index (χ0n) is 16.1. The number of hydrogen-bond donors (Lipinski definition) is 2. The van der Waals surface area contributed by atoms with E-state index in [1.165, 1.54) is 19.3 Å². The van der Waals surface area contributed by atoms with Gasteiger partial charge in [-0.25, -0.2) is 4.79 Å². The second kappa shape index (κ2) is 6.27. The molecule has 1 amide bonds. The lowest BCUT2D eigenvalue weighted by Crippen LogP contribution is -2.50. The Morgan fingerprint density at radius 3 is 2.39 bits per heavy atom. The van der Waals surface area contributed by atoms with Crippen molar-refractivity contribution in [2.24, 2.45) is 16.7 Å². The van der Waals surface area contributed by atoms with Crippen LogP contribution in [0.1, 0.15) is 74.1 Å². The molecule has 0 aromatic heterocycles. The third-order valence-corrected chi connectivity index (χ3v) is 6.62. The van der Waals surface area contributed by atoms with E-state index in [0.29, 0.717) is 16.9 Å². The molecule has 0 heterocycles. The van der Waals surface area contributed by atoms with E-state index in [1.807, 2.05) is 20.8 Å². The lowest BCUT2D eigenvalue weighted by molar-refractivity contribution is 0.0498. The molecule has 2 bridgehead atoms. The SMILES string of the molecule is CCC(CNC1CC2CCC1(C)C2(C)C)NC(=O)OC(C)(C)C. The number of rotatable bonds is 5. The minimum atomic E-state index is -0.447. The van der Waals surface area contributed by atoms with Crippen molar-refractivity contribution in [2.75, 3.05) is 6.54 Å². The summed E-state index contributed by atoms with van der Waals surface area (Å²) in [7, 11) is 0. The highest BCUT2D eigenvalue weighted by atomic mass is 16.6. The Hall–Kier alpha value is -0.770. The maximum atomic E-state index is 12.0. The predicted octanol–water partition coefficient (Wildman–Crippen LogP) is 4.09. The van der Waals surface area contributed by atoms with Gasteiger partial charge in [-0.05, 0) is 63.2 Å². The monoisotopic (exact) mass is 324 g/mol. The number of fused-ring (bicyclic) bond motifs is 2. The van der Waals surface area contributed by atoms with Gasteiger partial charge in [-0.2, -0.15) is 0 Å². The average molecular weight is 325 g/mol. The molecule has 0 saturated heterocycles. The first-order valence-electron chi connectivity index (χ1n) is 9.22. The summed E-state index contributed by atoms with van der Waals surface area (Å²) >= 11 is 0. The van der Waals surface area contributed by atoms with Crippen molar-refractivity contribution < 1.29 is 9.53 Å². The van der Waals surface area contributed by atoms with E-state index in [9.17, 15) is 4.79 Å². The van der Waals surface area contributed by atoms with Crippen LogP contribution < -0.4 is 10.6 Å². The van der Waals surface area contributed by atoms with Crippen LogP contribution in [0.15, 0.2) is 0 Å². The van der Waals surface area contributed by atoms with Crippen LogP contribution in [0.2, 0.25) is 0 Å². The lowest BCUT2D eigenvalue weighted by atomic mass is 9.69. The summed E-state index contributed by atoms with van der Waals surface area (Å²) in [5.41, 5.74) is 0.352. The van der Waals surface area contributed by atoms with E-state index in [0.717, 1.165) is 18.9 Å². The molecule has 0 aliphatic heterocycles. The molecule has 2 saturated carbocycles. The smallest absolute Gasteiger partial charge is 0.407 e. The van der Waals surface area contributed by atoms with Crippen LogP contribution in [0.5, 0.6) is 0 Å². The van der Waals surface area contributed by atoms with Gasteiger partial charge in [0.25, 0.3) is 0 Å². The summed E-state index contributed by atoms with van der Waals surface area (Å²) in [4.78, 5) is 12.0. The second-order valence-corrected chi connectivity index (χ2v) is 9.32. The van der Waals surface area contributed by atoms with E-state index in [1.54, 1.807) is 0 Å². The number of amides is 1. The van der Waals surface area contributed by atoms with Crippen molar-refractivity contribution in [3.63, 3.8) is 0 Å². The van der Waals surface area contributed by atoms with Crippen molar-refractivity contribution in [3.05, 3.63) is 0 Å². The molecular formula is C19H36N2O2. The van der Waals surface area contributed by atoms with Crippen LogP contribution in [0.25, 0.3) is 0 Å². The lowest BCUT2D eigenvalue weighted by Gasteiger charge is -2.40. The molecule has 23 heavy (non-hydrogen) atoms. The molecular weight excluding hydrogens is 288 g/mol. The zero-order chi connectivity index (χ0) is 17.5. The summed E-state index contributed by atoms with van der Waals surface area (Å²) in [6, 6.07) is 0.682. The summed E-state index contributed by atoms with van der Waals surface area (Å²) in [6.07, 6.45) is 4.55. The van der Waals surface area contributed by atoms with E-state index in [-0.39, 0.29) is 12.1 Å². The van der Waals surface area contributed by atoms with Crippen LogP contribution in [-0.4, -0.2) is 30.3 Å². The number of carbonyl (C=O) groups is 1. The van der Waals surface area contributed by atoms with Gasteiger partial charge in [-0.1, -0.05) is 27.7 Å². The number of hydrogen-bond acceptors (Lipinski definition) is 3. The first-order valence-corrected chi connectivity index (χ1v) is 9.22. The summed E-state index contributed by atoms with van der Waals surface area (Å²) in [5, 5.41) is 6.76. The Labute approximate surface area is 142 Å². The number of alkyl carbamates (subject to hydrolysis) is 1. The topological polar surface area (TPSA) is 50.4 Å². The summed E-state index contributed by atoms with van der Waals surface area (Å²) < 4.78 is 5.37. The molecule has 2 rings (SSSR count). The van der Waals surface area contributed by atoms with Gasteiger partial charge in [0.1, 0.15) is 5.60 Å². The molecule has 2 aliphatic rings. The number of ether oxygens (including phenoxy) is 1.